The number of carbonyl (C=O) groups is 4. The van der Waals surface area contributed by atoms with Gasteiger partial charge in [0.15, 0.2) is 12.2 Å². The van der Waals surface area contributed by atoms with Crippen molar-refractivity contribution in [2.75, 3.05) is 39.6 Å². The monoisotopic (exact) mass is 1480 g/mol. The number of rotatable bonds is 79. The largest absolute Gasteiger partial charge is 0.472 e. The summed E-state index contributed by atoms with van der Waals surface area (Å²) < 4.78 is 68.7. The maximum atomic E-state index is 13.1. The van der Waals surface area contributed by atoms with Gasteiger partial charge < -0.3 is 33.8 Å². The van der Waals surface area contributed by atoms with Gasteiger partial charge in [0.05, 0.1) is 26.4 Å². The van der Waals surface area contributed by atoms with Crippen LogP contribution in [-0.4, -0.2) is 96.7 Å². The number of hydrogen-bond acceptors (Lipinski definition) is 15. The van der Waals surface area contributed by atoms with Crippen molar-refractivity contribution >= 4 is 39.5 Å². The number of aliphatic hydroxyl groups excluding tert-OH is 1. The SMILES string of the molecule is CCC(C)CCCCCCCCCCCCCCCCCCCCC(=O)O[C@H](COC(=O)CCCCCCCCCCCCCCCC(C)C)COP(=O)(O)OCC(O)COP(=O)(O)OC[C@@H](COC(=O)CCCCCCCCCCC(C)C)OC(=O)CCCCCCCCCCC(C)CC. The molecule has 0 aliphatic carbocycles. The quantitative estimate of drug-likeness (QED) is 0.0222. The number of esters is 4. The molecule has 5 unspecified atom stereocenters. The molecule has 0 rings (SSSR count). The Morgan fingerprint density at radius 3 is 0.703 bits per heavy atom. The number of phosphoric acid groups is 2. The predicted octanol–water partition coefficient (Wildman–Crippen LogP) is 24.4. The van der Waals surface area contributed by atoms with Gasteiger partial charge in [-0.05, 0) is 49.4 Å². The second-order valence-corrected chi connectivity index (χ2v) is 33.9. The number of hydrogen-bond donors (Lipinski definition) is 3. The van der Waals surface area contributed by atoms with Gasteiger partial charge in [0.25, 0.3) is 0 Å². The molecule has 3 N–H and O–H groups in total. The van der Waals surface area contributed by atoms with Crippen LogP contribution in [-0.2, 0) is 65.4 Å². The Morgan fingerprint density at radius 2 is 0.475 bits per heavy atom. The van der Waals surface area contributed by atoms with Crippen LogP contribution < -0.4 is 0 Å². The number of ether oxygens (including phenoxy) is 4. The molecule has 600 valence electrons. The van der Waals surface area contributed by atoms with Crippen LogP contribution in [0.25, 0.3) is 0 Å². The number of phosphoric ester groups is 2. The molecular formula is C82H160O17P2. The van der Waals surface area contributed by atoms with Crippen molar-refractivity contribution in [3.8, 4) is 0 Å². The van der Waals surface area contributed by atoms with Gasteiger partial charge in [-0.25, -0.2) is 9.13 Å². The maximum Gasteiger partial charge on any atom is 0.472 e. The molecule has 0 aliphatic heterocycles. The van der Waals surface area contributed by atoms with Crippen LogP contribution >= 0.6 is 15.6 Å². The maximum absolute atomic E-state index is 13.1. The summed E-state index contributed by atoms with van der Waals surface area (Å²) in [6.45, 7) is 14.3. The van der Waals surface area contributed by atoms with Crippen molar-refractivity contribution in [2.24, 2.45) is 23.7 Å². The minimum atomic E-state index is -4.96. The minimum Gasteiger partial charge on any atom is -0.462 e. The summed E-state index contributed by atoms with van der Waals surface area (Å²) in [7, 11) is -9.92. The van der Waals surface area contributed by atoms with E-state index >= 15 is 0 Å². The highest BCUT2D eigenvalue weighted by Gasteiger charge is 2.30. The minimum absolute atomic E-state index is 0.104. The van der Waals surface area contributed by atoms with Gasteiger partial charge in [0, 0.05) is 25.7 Å². The Kier molecular flexibility index (Phi) is 69.6. The van der Waals surface area contributed by atoms with Crippen molar-refractivity contribution in [3.05, 3.63) is 0 Å². The van der Waals surface area contributed by atoms with E-state index in [9.17, 15) is 43.2 Å². The van der Waals surface area contributed by atoms with E-state index in [0.717, 1.165) is 114 Å². The van der Waals surface area contributed by atoms with Gasteiger partial charge >= 0.3 is 39.5 Å². The first kappa shape index (κ1) is 99.1. The van der Waals surface area contributed by atoms with E-state index in [0.29, 0.717) is 25.7 Å². The zero-order valence-electron chi connectivity index (χ0n) is 66.5. The molecule has 0 aliphatic rings. The topological polar surface area (TPSA) is 237 Å². The molecule has 0 saturated carbocycles. The second-order valence-electron chi connectivity index (χ2n) is 31.0. The number of aliphatic hydroxyl groups is 1. The van der Waals surface area contributed by atoms with Crippen molar-refractivity contribution in [3.63, 3.8) is 0 Å². The summed E-state index contributed by atoms with van der Waals surface area (Å²) in [5, 5.41) is 10.6. The van der Waals surface area contributed by atoms with E-state index < -0.39 is 97.5 Å². The van der Waals surface area contributed by atoms with Gasteiger partial charge in [0.1, 0.15) is 19.3 Å². The average Bonchev–Trinajstić information content (AvgIpc) is 1.00. The summed E-state index contributed by atoms with van der Waals surface area (Å²) in [4.78, 5) is 73.0. The number of carbonyl (C=O) groups excluding carboxylic acids is 4. The summed E-state index contributed by atoms with van der Waals surface area (Å²) in [6, 6.07) is 0. The molecule has 0 amide bonds. The van der Waals surface area contributed by atoms with E-state index in [-0.39, 0.29) is 25.7 Å². The smallest absolute Gasteiger partial charge is 0.462 e. The zero-order chi connectivity index (χ0) is 74.6. The van der Waals surface area contributed by atoms with Gasteiger partial charge in [-0.1, -0.05) is 370 Å². The molecule has 0 aromatic rings. The fraction of sp³-hybridized carbons (Fsp3) is 0.951. The van der Waals surface area contributed by atoms with Crippen molar-refractivity contribution in [1.29, 1.82) is 0 Å². The van der Waals surface area contributed by atoms with Gasteiger partial charge in [-0.3, -0.25) is 37.3 Å². The Balaban J connectivity index is 5.23. The third-order valence-electron chi connectivity index (χ3n) is 19.8. The summed E-state index contributed by atoms with van der Waals surface area (Å²) >= 11 is 0. The second kappa shape index (κ2) is 71.0. The first-order chi connectivity index (χ1) is 48.7. The molecule has 0 radical (unpaired) electrons. The summed E-state index contributed by atoms with van der Waals surface area (Å²) in [5.41, 5.74) is 0. The van der Waals surface area contributed by atoms with Crippen molar-refractivity contribution in [1.82, 2.24) is 0 Å². The standard InChI is InChI=1S/C82H160O17P2/c1-9-74(7)60-52-44-36-27-23-19-15-13-11-12-14-16-20-25-29-40-48-56-64-81(86)98-77(68-92-79(84)62-54-46-38-28-24-21-17-18-22-26-34-42-50-58-72(3)4)70-96-100(88,89)94-66-76(83)67-95-101(90,91)97-71-78(69-93-80(85)63-55-47-39-32-30-35-43-51-59-73(5)6)99-82(87)65-57-49-41-33-31-37-45-53-61-75(8)10-2/h72-78,83H,9-71H2,1-8H3,(H,88,89)(H,90,91)/t74?,75?,76?,77-,78-/m1/s1. The average molecular weight is 1480 g/mol. The molecule has 17 nitrogen and oxygen atoms in total. The van der Waals surface area contributed by atoms with Crippen LogP contribution in [0.15, 0.2) is 0 Å². The lowest BCUT2D eigenvalue weighted by Gasteiger charge is -2.21. The van der Waals surface area contributed by atoms with Crippen molar-refractivity contribution < 1.29 is 80.2 Å². The highest BCUT2D eigenvalue weighted by atomic mass is 31.2. The predicted molar refractivity (Wildman–Crippen MR) is 414 cm³/mol. The highest BCUT2D eigenvalue weighted by molar-refractivity contribution is 7.47. The first-order valence-corrected chi connectivity index (χ1v) is 45.3. The lowest BCUT2D eigenvalue weighted by Crippen LogP contribution is -2.30. The Labute approximate surface area is 619 Å². The normalized spacial score (nSPS) is 14.5. The van der Waals surface area contributed by atoms with E-state index in [1.165, 1.54) is 225 Å². The Morgan fingerprint density at radius 1 is 0.277 bits per heavy atom. The van der Waals surface area contributed by atoms with E-state index in [1.54, 1.807) is 0 Å². The molecule has 0 fully saturated rings. The van der Waals surface area contributed by atoms with Gasteiger partial charge in [-0.2, -0.15) is 0 Å². The lowest BCUT2D eigenvalue weighted by molar-refractivity contribution is -0.161. The molecule has 0 bridgehead atoms. The molecule has 7 atom stereocenters. The molecule has 101 heavy (non-hydrogen) atoms. The van der Waals surface area contributed by atoms with Crippen LogP contribution in [0, 0.1) is 23.7 Å². The van der Waals surface area contributed by atoms with E-state index in [1.807, 2.05) is 0 Å². The fourth-order valence-corrected chi connectivity index (χ4v) is 14.1. The molecule has 0 saturated heterocycles. The molecular weight excluding hydrogens is 1320 g/mol. The van der Waals surface area contributed by atoms with Crippen LogP contribution in [0.5, 0.6) is 0 Å². The third kappa shape index (κ3) is 73.4. The highest BCUT2D eigenvalue weighted by Crippen LogP contribution is 2.45. The summed E-state index contributed by atoms with van der Waals surface area (Å²) in [6.07, 6.45) is 58.3. The third-order valence-corrected chi connectivity index (χ3v) is 21.7. The molecule has 0 heterocycles. The number of unbranched alkanes of at least 4 members (excludes halogenated alkanes) is 43. The van der Waals surface area contributed by atoms with Gasteiger partial charge in [-0.15, -0.1) is 0 Å². The fourth-order valence-electron chi connectivity index (χ4n) is 12.5. The Hall–Kier alpha value is -1.94. The van der Waals surface area contributed by atoms with Crippen LogP contribution in [0.2, 0.25) is 0 Å². The van der Waals surface area contributed by atoms with Crippen LogP contribution in [0.1, 0.15) is 421 Å². The molecule has 19 heteroatoms. The van der Waals surface area contributed by atoms with Crippen molar-refractivity contribution in [2.45, 2.75) is 440 Å². The van der Waals surface area contributed by atoms with E-state index in [4.69, 9.17) is 37.0 Å². The summed E-state index contributed by atoms with van der Waals surface area (Å²) in [5.74, 6) is 1.04. The lowest BCUT2D eigenvalue weighted by atomic mass is 9.99. The Bertz CT molecular complexity index is 1980. The molecule has 0 aromatic carbocycles. The van der Waals surface area contributed by atoms with Crippen LogP contribution in [0.3, 0.4) is 0 Å². The van der Waals surface area contributed by atoms with E-state index in [2.05, 4.69) is 55.4 Å². The van der Waals surface area contributed by atoms with Crippen LogP contribution in [0.4, 0.5) is 0 Å². The first-order valence-electron chi connectivity index (χ1n) is 42.3. The van der Waals surface area contributed by atoms with Gasteiger partial charge in [0.2, 0.25) is 0 Å². The molecule has 0 spiro atoms. The zero-order valence-corrected chi connectivity index (χ0v) is 68.3. The molecule has 0 aromatic heterocycles.